The fourth-order valence-corrected chi connectivity index (χ4v) is 6.02. The van der Waals surface area contributed by atoms with Gasteiger partial charge in [-0.3, -0.25) is 10.1 Å². The SMILES string of the molecule is CCCOCCOCCOCC1CN(CCOc2ccc(NC(=O)NC3NC(CC(=O)N4CCN(C)CC4)CS3)cc2)NN1. The predicted molar refractivity (Wildman–Crippen MR) is 170 cm³/mol. The van der Waals surface area contributed by atoms with Gasteiger partial charge in [-0.1, -0.05) is 6.92 Å². The number of ether oxygens (including phenoxy) is 4. The summed E-state index contributed by atoms with van der Waals surface area (Å²) in [5.74, 6) is 1.68. The Morgan fingerprint density at radius 3 is 2.43 bits per heavy atom. The van der Waals surface area contributed by atoms with Crippen LogP contribution in [0.5, 0.6) is 5.75 Å². The number of thioether (sulfide) groups is 1. The van der Waals surface area contributed by atoms with Crippen molar-refractivity contribution < 1.29 is 28.5 Å². The molecule has 3 fully saturated rings. The summed E-state index contributed by atoms with van der Waals surface area (Å²) in [6, 6.07) is 7.23. The Kier molecular flexibility index (Phi) is 15.2. The van der Waals surface area contributed by atoms with Crippen molar-refractivity contribution in [2.45, 2.75) is 37.3 Å². The number of nitrogens with zero attached hydrogens (tertiary/aromatic N) is 3. The highest BCUT2D eigenvalue weighted by atomic mass is 32.2. The molecule has 0 aromatic heterocycles. The Labute approximate surface area is 265 Å². The number of rotatable bonds is 18. The first-order valence-corrected chi connectivity index (χ1v) is 16.7. The van der Waals surface area contributed by atoms with E-state index in [0.29, 0.717) is 58.3 Å². The minimum atomic E-state index is -0.301. The summed E-state index contributed by atoms with van der Waals surface area (Å²) < 4.78 is 22.5. The van der Waals surface area contributed by atoms with Crippen molar-refractivity contribution >= 4 is 29.4 Å². The van der Waals surface area contributed by atoms with E-state index in [2.05, 4.69) is 50.8 Å². The summed E-state index contributed by atoms with van der Waals surface area (Å²) in [6.07, 6.45) is 1.47. The maximum atomic E-state index is 12.6. The maximum Gasteiger partial charge on any atom is 0.321 e. The summed E-state index contributed by atoms with van der Waals surface area (Å²) in [7, 11) is 2.08. The predicted octanol–water partition coefficient (Wildman–Crippen LogP) is 0.493. The van der Waals surface area contributed by atoms with E-state index in [-0.39, 0.29) is 29.5 Å². The van der Waals surface area contributed by atoms with Crippen LogP contribution in [0.15, 0.2) is 24.3 Å². The maximum absolute atomic E-state index is 12.6. The lowest BCUT2D eigenvalue weighted by molar-refractivity contribution is -0.133. The number of hydrogen-bond donors (Lipinski definition) is 5. The highest BCUT2D eigenvalue weighted by molar-refractivity contribution is 8.00. The summed E-state index contributed by atoms with van der Waals surface area (Å²) in [5.41, 5.74) is 6.81. The largest absolute Gasteiger partial charge is 0.492 e. The minimum absolute atomic E-state index is 0.0470. The van der Waals surface area contributed by atoms with Gasteiger partial charge in [0.05, 0.1) is 39.1 Å². The highest BCUT2D eigenvalue weighted by Gasteiger charge is 2.29. The number of hydrogen-bond acceptors (Lipinski definition) is 12. The molecule has 3 atom stereocenters. The van der Waals surface area contributed by atoms with Gasteiger partial charge in [0.15, 0.2) is 0 Å². The average molecular weight is 639 g/mol. The lowest BCUT2D eigenvalue weighted by Crippen LogP contribution is -2.49. The molecule has 0 aliphatic carbocycles. The first kappa shape index (κ1) is 34.7. The third-order valence-electron chi connectivity index (χ3n) is 7.41. The number of carbonyl (C=O) groups excluding carboxylic acids is 2. The van der Waals surface area contributed by atoms with E-state index in [0.717, 1.165) is 57.3 Å². The Morgan fingerprint density at radius 1 is 0.955 bits per heavy atom. The van der Waals surface area contributed by atoms with E-state index in [9.17, 15) is 9.59 Å². The van der Waals surface area contributed by atoms with Crippen LogP contribution >= 0.6 is 11.8 Å². The number of urea groups is 1. The quantitative estimate of drug-likeness (QED) is 0.143. The van der Waals surface area contributed by atoms with Crippen LogP contribution in [0.25, 0.3) is 0 Å². The van der Waals surface area contributed by atoms with Gasteiger partial charge in [0, 0.05) is 69.8 Å². The number of anilines is 1. The van der Waals surface area contributed by atoms with Crippen molar-refractivity contribution in [3.8, 4) is 5.75 Å². The molecule has 4 rings (SSSR count). The molecule has 3 aliphatic rings. The molecule has 1 aromatic carbocycles. The molecule has 3 amide bonds. The Balaban J connectivity index is 1.02. The van der Waals surface area contributed by atoms with Crippen LogP contribution < -0.4 is 31.6 Å². The van der Waals surface area contributed by atoms with Crippen molar-refractivity contribution in [3.05, 3.63) is 24.3 Å². The average Bonchev–Trinajstić information content (AvgIpc) is 3.66. The Morgan fingerprint density at radius 2 is 1.68 bits per heavy atom. The number of hydrazine groups is 2. The molecule has 3 aliphatic heterocycles. The molecule has 3 unspecified atom stereocenters. The molecule has 0 radical (unpaired) electrons. The molecule has 3 saturated heterocycles. The first-order valence-electron chi connectivity index (χ1n) is 15.6. The van der Waals surface area contributed by atoms with Crippen molar-refractivity contribution in [2.75, 3.05) is 104 Å². The first-order chi connectivity index (χ1) is 21.5. The van der Waals surface area contributed by atoms with Gasteiger partial charge in [-0.2, -0.15) is 5.53 Å². The molecule has 15 heteroatoms. The van der Waals surface area contributed by atoms with Crippen molar-refractivity contribution in [1.29, 1.82) is 0 Å². The van der Waals surface area contributed by atoms with Crippen LogP contribution in [-0.2, 0) is 19.0 Å². The lowest BCUT2D eigenvalue weighted by atomic mass is 10.2. The van der Waals surface area contributed by atoms with E-state index in [1.807, 2.05) is 29.2 Å². The zero-order valence-electron chi connectivity index (χ0n) is 26.1. The normalized spacial score (nSPS) is 22.8. The zero-order valence-corrected chi connectivity index (χ0v) is 26.9. The van der Waals surface area contributed by atoms with Gasteiger partial charge >= 0.3 is 6.03 Å². The van der Waals surface area contributed by atoms with Crippen LogP contribution in [0.1, 0.15) is 19.8 Å². The minimum Gasteiger partial charge on any atom is -0.492 e. The zero-order chi connectivity index (χ0) is 31.0. The van der Waals surface area contributed by atoms with E-state index < -0.39 is 0 Å². The third-order valence-corrected chi connectivity index (χ3v) is 8.59. The van der Waals surface area contributed by atoms with Crippen LogP contribution in [0.4, 0.5) is 10.5 Å². The number of nitrogens with one attached hydrogen (secondary N) is 5. The number of carbonyl (C=O) groups is 2. The summed E-state index contributed by atoms with van der Waals surface area (Å²) >= 11 is 1.60. The van der Waals surface area contributed by atoms with Crippen molar-refractivity contribution in [1.82, 2.24) is 36.4 Å². The highest BCUT2D eigenvalue weighted by Crippen LogP contribution is 2.20. The number of piperazine rings is 1. The molecule has 248 valence electrons. The van der Waals surface area contributed by atoms with Gasteiger partial charge in [-0.15, -0.1) is 11.8 Å². The van der Waals surface area contributed by atoms with E-state index in [1.54, 1.807) is 11.8 Å². The summed E-state index contributed by atoms with van der Waals surface area (Å²) in [6.45, 7) is 11.2. The number of likely N-dealkylation sites (N-methyl/N-ethyl adjacent to an activating group) is 1. The standard InChI is InChI=1S/C29H50N8O6S/c1-3-13-40-15-16-41-17-18-42-21-25-20-37(34-33-25)12-14-43-26-6-4-23(5-7-26)30-28(39)32-29-31-24(22-44-29)19-27(38)36-10-8-35(2)9-11-36/h4-7,24-25,29,31,33-34H,3,8-22H2,1-2H3,(H2,30,32,39). The number of benzene rings is 1. The van der Waals surface area contributed by atoms with Gasteiger partial charge in [0.25, 0.3) is 0 Å². The third kappa shape index (κ3) is 12.7. The molecule has 0 bridgehead atoms. The smallest absolute Gasteiger partial charge is 0.321 e. The van der Waals surface area contributed by atoms with Crippen molar-refractivity contribution in [3.63, 3.8) is 0 Å². The molecular weight excluding hydrogens is 588 g/mol. The molecule has 0 spiro atoms. The van der Waals surface area contributed by atoms with E-state index >= 15 is 0 Å². The van der Waals surface area contributed by atoms with E-state index in [1.165, 1.54) is 0 Å². The van der Waals surface area contributed by atoms with E-state index in [4.69, 9.17) is 18.9 Å². The molecule has 5 N–H and O–H groups in total. The molecular formula is C29H50N8O6S. The Hall–Kier alpha value is -2.21. The van der Waals surface area contributed by atoms with Crippen LogP contribution in [0.3, 0.4) is 0 Å². The van der Waals surface area contributed by atoms with Crippen LogP contribution in [0, 0.1) is 0 Å². The molecule has 1 aromatic rings. The summed E-state index contributed by atoms with van der Waals surface area (Å²) in [4.78, 5) is 29.3. The second-order valence-corrected chi connectivity index (χ2v) is 12.3. The summed E-state index contributed by atoms with van der Waals surface area (Å²) in [5, 5.41) is 11.2. The van der Waals surface area contributed by atoms with Gasteiger partial charge in [-0.05, 0) is 37.7 Å². The second-order valence-electron chi connectivity index (χ2n) is 11.1. The molecule has 3 heterocycles. The topological polar surface area (TPSA) is 141 Å². The molecule has 14 nitrogen and oxygen atoms in total. The molecule has 44 heavy (non-hydrogen) atoms. The van der Waals surface area contributed by atoms with Gasteiger partial charge < -0.3 is 39.4 Å². The van der Waals surface area contributed by atoms with Gasteiger partial charge in [0.1, 0.15) is 17.9 Å². The van der Waals surface area contributed by atoms with Crippen LogP contribution in [-0.4, -0.2) is 143 Å². The monoisotopic (exact) mass is 638 g/mol. The Bertz CT molecular complexity index is 987. The number of amides is 3. The van der Waals surface area contributed by atoms with Crippen LogP contribution in [0.2, 0.25) is 0 Å². The fraction of sp³-hybridized carbons (Fsp3) is 0.724. The van der Waals surface area contributed by atoms with Crippen molar-refractivity contribution in [2.24, 2.45) is 0 Å². The fourth-order valence-electron chi connectivity index (χ4n) is 4.91. The second kappa shape index (κ2) is 19.3. The molecule has 0 saturated carbocycles. The van der Waals surface area contributed by atoms with Gasteiger partial charge in [0.2, 0.25) is 5.91 Å². The lowest BCUT2D eigenvalue weighted by Gasteiger charge is -2.33. The van der Waals surface area contributed by atoms with Gasteiger partial charge in [-0.25, -0.2) is 15.2 Å².